The largest absolute Gasteiger partial charge is 0.415 e. The van der Waals surface area contributed by atoms with Crippen LogP contribution < -0.4 is 4.74 Å². The van der Waals surface area contributed by atoms with Gasteiger partial charge in [0.2, 0.25) is 0 Å². The Kier molecular flexibility index (Phi) is 6.31. The van der Waals surface area contributed by atoms with Gasteiger partial charge in [-0.05, 0) is 62.6 Å². The number of hydrogen-bond donors (Lipinski definition) is 0. The lowest BCUT2D eigenvalue weighted by atomic mass is 9.99. The van der Waals surface area contributed by atoms with Gasteiger partial charge in [-0.2, -0.15) is 0 Å². The summed E-state index contributed by atoms with van der Waals surface area (Å²) >= 11 is 0. The average Bonchev–Trinajstić information content (AvgIpc) is 3.19. The Hall–Kier alpha value is -3.53. The third-order valence-corrected chi connectivity index (χ3v) is 6.08. The number of rotatable bonds is 6. The molecule has 0 aliphatic carbocycles. The molecule has 4 nitrogen and oxygen atoms in total. The van der Waals surface area contributed by atoms with E-state index in [-0.39, 0.29) is 6.09 Å². The van der Waals surface area contributed by atoms with Gasteiger partial charge in [-0.1, -0.05) is 54.1 Å². The minimum Gasteiger partial charge on any atom is -0.410 e. The van der Waals surface area contributed by atoms with Gasteiger partial charge in [-0.25, -0.2) is 4.79 Å². The first kappa shape index (κ1) is 21.7. The van der Waals surface area contributed by atoms with Crippen molar-refractivity contribution in [1.29, 1.82) is 0 Å². The molecule has 0 saturated carbocycles. The Morgan fingerprint density at radius 2 is 1.62 bits per heavy atom. The van der Waals surface area contributed by atoms with E-state index < -0.39 is 0 Å². The van der Waals surface area contributed by atoms with Crippen LogP contribution >= 0.6 is 0 Å². The standard InChI is InChI=1S/C28H30N2O2/c1-5-29(6-2)28(31)32-26-16-15-25-24(27(26)22-13-11-20(3)12-14-22)17-18-30(25)19-23-10-8-7-9-21(23)4/h7-18H,5-6,19H2,1-4H3. The summed E-state index contributed by atoms with van der Waals surface area (Å²) in [6.45, 7) is 10.2. The van der Waals surface area contributed by atoms with E-state index in [2.05, 4.69) is 85.3 Å². The van der Waals surface area contributed by atoms with Crippen molar-refractivity contribution in [2.24, 2.45) is 0 Å². The van der Waals surface area contributed by atoms with Crippen LogP contribution in [-0.4, -0.2) is 28.6 Å². The second-order valence-electron chi connectivity index (χ2n) is 8.15. The molecule has 164 valence electrons. The zero-order valence-electron chi connectivity index (χ0n) is 19.3. The Bertz CT molecular complexity index is 1230. The number of aryl methyl sites for hydroxylation is 2. The highest BCUT2D eigenvalue weighted by Gasteiger charge is 2.19. The van der Waals surface area contributed by atoms with E-state index in [1.165, 1.54) is 16.7 Å². The van der Waals surface area contributed by atoms with E-state index in [9.17, 15) is 4.79 Å². The maximum atomic E-state index is 12.7. The summed E-state index contributed by atoms with van der Waals surface area (Å²) in [7, 11) is 0. The monoisotopic (exact) mass is 426 g/mol. The van der Waals surface area contributed by atoms with Gasteiger partial charge in [0.25, 0.3) is 0 Å². The van der Waals surface area contributed by atoms with Crippen molar-refractivity contribution in [3.05, 3.63) is 89.6 Å². The van der Waals surface area contributed by atoms with Gasteiger partial charge in [0.05, 0.1) is 0 Å². The smallest absolute Gasteiger partial charge is 0.410 e. The number of carbonyl (C=O) groups is 1. The summed E-state index contributed by atoms with van der Waals surface area (Å²) in [4.78, 5) is 14.4. The molecule has 32 heavy (non-hydrogen) atoms. The van der Waals surface area contributed by atoms with Crippen molar-refractivity contribution in [3.63, 3.8) is 0 Å². The minimum absolute atomic E-state index is 0.318. The molecule has 0 N–H and O–H groups in total. The third kappa shape index (κ3) is 4.26. The Morgan fingerprint density at radius 1 is 0.906 bits per heavy atom. The molecular weight excluding hydrogens is 396 g/mol. The summed E-state index contributed by atoms with van der Waals surface area (Å²) in [5, 5.41) is 1.08. The molecular formula is C28H30N2O2. The van der Waals surface area contributed by atoms with Crippen molar-refractivity contribution in [3.8, 4) is 16.9 Å². The van der Waals surface area contributed by atoms with Crippen LogP contribution in [0.5, 0.6) is 5.75 Å². The summed E-state index contributed by atoms with van der Waals surface area (Å²) in [6, 6.07) is 22.9. The predicted octanol–water partition coefficient (Wildman–Crippen LogP) is 6.81. The Labute approximate surface area is 190 Å². The van der Waals surface area contributed by atoms with E-state index >= 15 is 0 Å². The average molecular weight is 427 g/mol. The van der Waals surface area contributed by atoms with Crippen LogP contribution in [0.2, 0.25) is 0 Å². The maximum absolute atomic E-state index is 12.7. The molecule has 1 aromatic heterocycles. The molecule has 1 heterocycles. The lowest BCUT2D eigenvalue weighted by Gasteiger charge is -2.20. The highest BCUT2D eigenvalue weighted by atomic mass is 16.6. The van der Waals surface area contributed by atoms with Crippen LogP contribution in [0.1, 0.15) is 30.5 Å². The second kappa shape index (κ2) is 9.31. The van der Waals surface area contributed by atoms with Crippen molar-refractivity contribution >= 4 is 17.0 Å². The molecule has 0 saturated heterocycles. The third-order valence-electron chi connectivity index (χ3n) is 6.08. The zero-order valence-corrected chi connectivity index (χ0v) is 19.3. The zero-order chi connectivity index (χ0) is 22.7. The van der Waals surface area contributed by atoms with Crippen LogP contribution in [0.15, 0.2) is 72.9 Å². The van der Waals surface area contributed by atoms with Crippen LogP contribution in [0.4, 0.5) is 4.79 Å². The number of amides is 1. The summed E-state index contributed by atoms with van der Waals surface area (Å²) in [5.74, 6) is 0.590. The Balaban J connectivity index is 1.82. The summed E-state index contributed by atoms with van der Waals surface area (Å²) in [5.41, 5.74) is 6.87. The van der Waals surface area contributed by atoms with Gasteiger partial charge in [-0.15, -0.1) is 0 Å². The number of fused-ring (bicyclic) bond motifs is 1. The summed E-state index contributed by atoms with van der Waals surface area (Å²) < 4.78 is 8.16. The number of carbonyl (C=O) groups excluding carboxylic acids is 1. The maximum Gasteiger partial charge on any atom is 0.415 e. The SMILES string of the molecule is CCN(CC)C(=O)Oc1ccc2c(ccn2Cc2ccccc2C)c1-c1ccc(C)cc1. The molecule has 4 heteroatoms. The second-order valence-corrected chi connectivity index (χ2v) is 8.15. The normalized spacial score (nSPS) is 11.0. The Morgan fingerprint density at radius 3 is 2.31 bits per heavy atom. The van der Waals surface area contributed by atoms with Crippen molar-refractivity contribution < 1.29 is 9.53 Å². The van der Waals surface area contributed by atoms with E-state index in [4.69, 9.17) is 4.74 Å². The van der Waals surface area contributed by atoms with Crippen molar-refractivity contribution in [2.75, 3.05) is 13.1 Å². The number of hydrogen-bond acceptors (Lipinski definition) is 2. The molecule has 0 spiro atoms. The fourth-order valence-electron chi connectivity index (χ4n) is 4.10. The molecule has 0 fully saturated rings. The molecule has 4 aromatic rings. The van der Waals surface area contributed by atoms with Gasteiger partial charge in [0.1, 0.15) is 5.75 Å². The van der Waals surface area contributed by atoms with Crippen LogP contribution in [0.25, 0.3) is 22.0 Å². The molecule has 0 unspecified atom stereocenters. The van der Waals surface area contributed by atoms with Gasteiger partial charge in [0.15, 0.2) is 0 Å². The molecule has 3 aromatic carbocycles. The number of nitrogens with zero attached hydrogens (tertiary/aromatic N) is 2. The molecule has 0 aliphatic heterocycles. The molecule has 0 bridgehead atoms. The predicted molar refractivity (Wildman–Crippen MR) is 131 cm³/mol. The van der Waals surface area contributed by atoms with Crippen molar-refractivity contribution in [2.45, 2.75) is 34.2 Å². The van der Waals surface area contributed by atoms with Gasteiger partial charge in [0, 0.05) is 42.3 Å². The van der Waals surface area contributed by atoms with Gasteiger partial charge in [-0.3, -0.25) is 0 Å². The van der Waals surface area contributed by atoms with E-state index in [1.807, 2.05) is 19.9 Å². The lowest BCUT2D eigenvalue weighted by Crippen LogP contribution is -2.33. The quantitative estimate of drug-likeness (QED) is 0.339. The fraction of sp³-hybridized carbons (Fsp3) is 0.250. The van der Waals surface area contributed by atoms with Gasteiger partial charge >= 0.3 is 6.09 Å². The minimum atomic E-state index is -0.318. The lowest BCUT2D eigenvalue weighted by molar-refractivity contribution is 0.157. The number of ether oxygens (including phenoxy) is 1. The molecule has 1 amide bonds. The van der Waals surface area contributed by atoms with Crippen LogP contribution in [-0.2, 0) is 6.54 Å². The topological polar surface area (TPSA) is 34.5 Å². The van der Waals surface area contributed by atoms with Crippen molar-refractivity contribution in [1.82, 2.24) is 9.47 Å². The highest BCUT2D eigenvalue weighted by molar-refractivity contribution is 5.99. The molecule has 4 rings (SSSR count). The summed E-state index contributed by atoms with van der Waals surface area (Å²) in [6.07, 6.45) is 1.80. The highest BCUT2D eigenvalue weighted by Crippen LogP contribution is 2.38. The molecule has 0 radical (unpaired) electrons. The first-order valence-electron chi connectivity index (χ1n) is 11.2. The van der Waals surface area contributed by atoms with E-state index in [0.29, 0.717) is 18.8 Å². The van der Waals surface area contributed by atoms with Crippen LogP contribution in [0.3, 0.4) is 0 Å². The molecule has 0 atom stereocenters. The first-order valence-corrected chi connectivity index (χ1v) is 11.2. The number of aromatic nitrogens is 1. The van der Waals surface area contributed by atoms with E-state index in [0.717, 1.165) is 28.6 Å². The number of benzene rings is 3. The van der Waals surface area contributed by atoms with E-state index in [1.54, 1.807) is 4.90 Å². The fourth-order valence-corrected chi connectivity index (χ4v) is 4.10. The first-order chi connectivity index (χ1) is 15.5. The van der Waals surface area contributed by atoms with Gasteiger partial charge < -0.3 is 14.2 Å². The molecule has 0 aliphatic rings. The van der Waals surface area contributed by atoms with Crippen LogP contribution in [0, 0.1) is 13.8 Å².